The second-order valence-electron chi connectivity index (χ2n) is 5.85. The maximum Gasteiger partial charge on any atom is 0.323 e. The van der Waals surface area contributed by atoms with Crippen molar-refractivity contribution in [3.63, 3.8) is 0 Å². The Kier molecular flexibility index (Phi) is 3.83. The van der Waals surface area contributed by atoms with Crippen molar-refractivity contribution in [2.75, 3.05) is 13.1 Å². The summed E-state index contributed by atoms with van der Waals surface area (Å²) in [6, 6.07) is -1.29. The van der Waals surface area contributed by atoms with Gasteiger partial charge in [-0.05, 0) is 0 Å². The summed E-state index contributed by atoms with van der Waals surface area (Å²) in [5.41, 5.74) is 0. The predicted octanol–water partition coefficient (Wildman–Crippen LogP) is -2.74. The second-order valence-corrected chi connectivity index (χ2v) is 5.85. The smallest absolute Gasteiger partial charge is 0.323 e. The van der Waals surface area contributed by atoms with Gasteiger partial charge in [0.2, 0.25) is 12.6 Å². The number of urea groups is 2. The molecule has 0 spiro atoms. The standard InChI is InChI=1S/C12H14N4O10/c17-3(18)1-15-7-5(13-11(15)21)23-9(25-7)10-24-6-8(26-10)16(2-4(19)20)12(22)14-6/h5-10H,1-2H2,(H,13,21)(H,14,22)(H,17,18)(H,19,20)/t5-,6-,7-,8-,9-,10-/m1/s1. The fraction of sp³-hybridized carbons (Fsp3) is 0.667. The Morgan fingerprint density at radius 1 is 0.808 bits per heavy atom. The van der Waals surface area contributed by atoms with Crippen LogP contribution in [-0.4, -0.2) is 94.6 Å². The first-order valence-corrected chi connectivity index (χ1v) is 7.53. The molecule has 0 aliphatic carbocycles. The molecule has 4 rings (SSSR count). The number of hydrogen-bond donors (Lipinski definition) is 4. The van der Waals surface area contributed by atoms with Crippen LogP contribution < -0.4 is 10.6 Å². The number of carboxylic acids is 2. The number of nitrogens with one attached hydrogen (secondary N) is 2. The van der Waals surface area contributed by atoms with Gasteiger partial charge in [-0.3, -0.25) is 19.4 Å². The summed E-state index contributed by atoms with van der Waals surface area (Å²) in [7, 11) is 0. The quantitative estimate of drug-likeness (QED) is 0.395. The molecule has 6 atom stereocenters. The van der Waals surface area contributed by atoms with Crippen LogP contribution in [0.5, 0.6) is 0 Å². The Bertz CT molecular complexity index is 616. The predicted molar refractivity (Wildman–Crippen MR) is 72.8 cm³/mol. The van der Waals surface area contributed by atoms with Gasteiger partial charge in [-0.1, -0.05) is 0 Å². The van der Waals surface area contributed by atoms with Crippen LogP contribution in [0.1, 0.15) is 0 Å². The fourth-order valence-electron chi connectivity index (χ4n) is 3.10. The molecule has 4 fully saturated rings. The Balaban J connectivity index is 1.40. The van der Waals surface area contributed by atoms with Crippen molar-refractivity contribution in [3.8, 4) is 0 Å². The second kappa shape index (κ2) is 5.94. The molecule has 142 valence electrons. The summed E-state index contributed by atoms with van der Waals surface area (Å²) in [6.45, 7) is -1.16. The molecule has 4 aliphatic rings. The zero-order valence-electron chi connectivity index (χ0n) is 12.9. The van der Waals surface area contributed by atoms with Gasteiger partial charge in [-0.2, -0.15) is 0 Å². The molecule has 0 bridgehead atoms. The normalized spacial score (nSPS) is 38.2. The molecule has 14 heteroatoms. The minimum Gasteiger partial charge on any atom is -0.480 e. The number of rotatable bonds is 5. The average Bonchev–Trinajstić information content (AvgIpc) is 3.24. The van der Waals surface area contributed by atoms with Gasteiger partial charge >= 0.3 is 24.0 Å². The molecular formula is C12H14N4O10. The highest BCUT2D eigenvalue weighted by Gasteiger charge is 2.57. The third-order valence-electron chi connectivity index (χ3n) is 4.13. The monoisotopic (exact) mass is 374 g/mol. The molecule has 0 aromatic heterocycles. The van der Waals surface area contributed by atoms with Crippen LogP contribution >= 0.6 is 0 Å². The van der Waals surface area contributed by atoms with Crippen molar-refractivity contribution in [1.29, 1.82) is 0 Å². The average molecular weight is 374 g/mol. The first-order chi connectivity index (χ1) is 12.3. The van der Waals surface area contributed by atoms with E-state index in [0.29, 0.717) is 0 Å². The van der Waals surface area contributed by atoms with E-state index < -0.39 is 74.6 Å². The highest BCUT2D eigenvalue weighted by atomic mass is 16.8. The first-order valence-electron chi connectivity index (χ1n) is 7.53. The Morgan fingerprint density at radius 3 is 1.54 bits per heavy atom. The summed E-state index contributed by atoms with van der Waals surface area (Å²) >= 11 is 0. The molecule has 0 saturated carbocycles. The Labute approximate surface area is 144 Å². The van der Waals surface area contributed by atoms with Gasteiger partial charge in [-0.15, -0.1) is 0 Å². The maximum atomic E-state index is 11.7. The number of ether oxygens (including phenoxy) is 4. The van der Waals surface area contributed by atoms with Crippen molar-refractivity contribution in [2.45, 2.75) is 37.5 Å². The lowest BCUT2D eigenvalue weighted by atomic mass is 10.4. The Hall–Kier alpha value is -2.68. The van der Waals surface area contributed by atoms with Crippen molar-refractivity contribution >= 4 is 24.0 Å². The largest absolute Gasteiger partial charge is 0.480 e. The van der Waals surface area contributed by atoms with Gasteiger partial charge in [0.25, 0.3) is 0 Å². The molecule has 14 nitrogen and oxygen atoms in total. The van der Waals surface area contributed by atoms with Gasteiger partial charge in [0.1, 0.15) is 13.1 Å². The summed E-state index contributed by atoms with van der Waals surface area (Å²) in [6.07, 6.45) is -6.03. The third-order valence-corrected chi connectivity index (χ3v) is 4.13. The van der Waals surface area contributed by atoms with Gasteiger partial charge < -0.3 is 39.8 Å². The van der Waals surface area contributed by atoms with Gasteiger partial charge in [0.05, 0.1) is 0 Å². The fourth-order valence-corrected chi connectivity index (χ4v) is 3.10. The molecule has 4 heterocycles. The lowest BCUT2D eigenvalue weighted by Crippen LogP contribution is -2.43. The van der Waals surface area contributed by atoms with Gasteiger partial charge in [-0.25, -0.2) is 9.59 Å². The summed E-state index contributed by atoms with van der Waals surface area (Å²) in [5, 5.41) is 22.6. The number of hydrogen-bond acceptors (Lipinski definition) is 8. The van der Waals surface area contributed by atoms with Crippen LogP contribution in [0.3, 0.4) is 0 Å². The van der Waals surface area contributed by atoms with Crippen LogP contribution in [0, 0.1) is 0 Å². The number of nitrogens with zero attached hydrogens (tertiary/aromatic N) is 2. The highest BCUT2D eigenvalue weighted by molar-refractivity contribution is 5.83. The van der Waals surface area contributed by atoms with Crippen LogP contribution in [0.4, 0.5) is 9.59 Å². The van der Waals surface area contributed by atoms with Crippen LogP contribution in [0.15, 0.2) is 0 Å². The van der Waals surface area contributed by atoms with E-state index in [1.807, 2.05) is 0 Å². The molecule has 26 heavy (non-hydrogen) atoms. The number of amides is 4. The number of carboxylic acid groups (broad SMARTS) is 2. The summed E-state index contributed by atoms with van der Waals surface area (Å²) in [5.74, 6) is -2.44. The molecule has 0 unspecified atom stereocenters. The van der Waals surface area contributed by atoms with E-state index in [-0.39, 0.29) is 0 Å². The van der Waals surface area contributed by atoms with E-state index in [9.17, 15) is 19.2 Å². The van der Waals surface area contributed by atoms with E-state index in [1.54, 1.807) is 0 Å². The zero-order valence-corrected chi connectivity index (χ0v) is 12.9. The third kappa shape index (κ3) is 2.68. The van der Waals surface area contributed by atoms with E-state index in [2.05, 4.69) is 10.6 Å². The molecule has 0 aromatic carbocycles. The van der Waals surface area contributed by atoms with Crippen LogP contribution in [0.2, 0.25) is 0 Å². The summed E-state index contributed by atoms with van der Waals surface area (Å²) < 4.78 is 22.0. The van der Waals surface area contributed by atoms with Crippen LogP contribution in [0.25, 0.3) is 0 Å². The molecule has 0 radical (unpaired) electrons. The molecule has 4 saturated heterocycles. The van der Waals surface area contributed by atoms with Gasteiger partial charge in [0.15, 0.2) is 24.9 Å². The minimum atomic E-state index is -1.22. The summed E-state index contributed by atoms with van der Waals surface area (Å²) in [4.78, 5) is 47.0. The highest BCUT2D eigenvalue weighted by Crippen LogP contribution is 2.34. The van der Waals surface area contributed by atoms with Crippen molar-refractivity contribution < 1.29 is 48.3 Å². The van der Waals surface area contributed by atoms with E-state index >= 15 is 0 Å². The molecular weight excluding hydrogens is 360 g/mol. The first kappa shape index (κ1) is 16.8. The molecule has 4 aliphatic heterocycles. The Morgan fingerprint density at radius 2 is 1.19 bits per heavy atom. The van der Waals surface area contributed by atoms with Crippen molar-refractivity contribution in [1.82, 2.24) is 20.4 Å². The number of carbonyl (C=O) groups excluding carboxylic acids is 2. The van der Waals surface area contributed by atoms with Crippen molar-refractivity contribution in [3.05, 3.63) is 0 Å². The topological polar surface area (TPSA) is 176 Å². The molecule has 4 N–H and O–H groups in total. The number of aliphatic carboxylic acids is 2. The van der Waals surface area contributed by atoms with Gasteiger partial charge in [0, 0.05) is 0 Å². The van der Waals surface area contributed by atoms with E-state index in [0.717, 1.165) is 9.80 Å². The zero-order chi connectivity index (χ0) is 18.6. The van der Waals surface area contributed by atoms with E-state index in [1.165, 1.54) is 0 Å². The lowest BCUT2D eigenvalue weighted by molar-refractivity contribution is -0.235. The number of fused-ring (bicyclic) bond motifs is 2. The van der Waals surface area contributed by atoms with E-state index in [4.69, 9.17) is 29.2 Å². The van der Waals surface area contributed by atoms with Crippen molar-refractivity contribution in [2.24, 2.45) is 0 Å². The molecule has 4 amide bonds. The number of carbonyl (C=O) groups is 4. The molecule has 0 aromatic rings. The minimum absolute atomic E-state index is 0.580. The SMILES string of the molecule is O=C(O)CN1C(=O)N[C@@H]2O[C@@H]([C@@H]3O[C@H]4NC(=O)N(CC(=O)O)[C@@H]4O3)O[C@H]21. The maximum absolute atomic E-state index is 11.7. The van der Waals surface area contributed by atoms with Crippen LogP contribution in [-0.2, 0) is 28.5 Å². The lowest BCUT2D eigenvalue weighted by Gasteiger charge is -2.23.